The van der Waals surface area contributed by atoms with Crippen LogP contribution in [0.5, 0.6) is 0 Å². The molecule has 0 saturated heterocycles. The van der Waals surface area contributed by atoms with E-state index in [1.807, 2.05) is 0 Å². The third-order valence-corrected chi connectivity index (χ3v) is 9.67. The van der Waals surface area contributed by atoms with Crippen LogP contribution < -0.4 is 5.32 Å². The van der Waals surface area contributed by atoms with Gasteiger partial charge in [-0.25, -0.2) is 4.57 Å². The number of aliphatic hydroxyl groups is 1. The number of aliphatic hydroxyl groups excluding tert-OH is 1. The van der Waals surface area contributed by atoms with Crippen LogP contribution in [-0.2, 0) is 27.9 Å². The number of carbonyl (C=O) groups is 2. The van der Waals surface area contributed by atoms with Gasteiger partial charge in [0.1, 0.15) is 12.7 Å². The van der Waals surface area contributed by atoms with Crippen molar-refractivity contribution in [1.82, 2.24) is 5.32 Å². The number of phosphoric ester groups is 1. The molecule has 0 rings (SSSR count). The van der Waals surface area contributed by atoms with E-state index >= 15 is 0 Å². The minimum Gasteiger partial charge on any atom is -0.463 e. The highest BCUT2D eigenvalue weighted by molar-refractivity contribution is 7.47. The molecule has 2 atom stereocenters. The van der Waals surface area contributed by atoms with Crippen LogP contribution in [0.15, 0.2) is 109 Å². The molecule has 0 spiro atoms. The van der Waals surface area contributed by atoms with Gasteiger partial charge in [-0.15, -0.1) is 0 Å². The molecule has 0 fully saturated rings. The summed E-state index contributed by atoms with van der Waals surface area (Å²) >= 11 is 0. The SMILES string of the molecule is CC/C=C\C/C=C\C/C=C\C/C=C\C/C=C\CCCCCCCC(=O)OCC(O)COP(=O)(O)OCCNC(=O)CCC/C=C\C/C=C\C/C=C\C/C=C\CCCCC. The molecule has 334 valence electrons. The fourth-order valence-corrected chi connectivity index (χ4v) is 6.10. The van der Waals surface area contributed by atoms with E-state index < -0.39 is 26.5 Å². The average molecular weight is 842 g/mol. The number of carbonyl (C=O) groups excluding carboxylic acids is 2. The molecule has 0 aromatic rings. The molecule has 9 nitrogen and oxygen atoms in total. The molecule has 0 aromatic carbocycles. The van der Waals surface area contributed by atoms with Crippen molar-refractivity contribution in [3.05, 3.63) is 109 Å². The molecule has 59 heavy (non-hydrogen) atoms. The Morgan fingerprint density at radius 3 is 1.49 bits per heavy atom. The second kappa shape index (κ2) is 44.2. The quantitative estimate of drug-likeness (QED) is 0.0240. The fourth-order valence-electron chi connectivity index (χ4n) is 5.34. The summed E-state index contributed by atoms with van der Waals surface area (Å²) in [5.41, 5.74) is 0. The van der Waals surface area contributed by atoms with Gasteiger partial charge in [-0.05, 0) is 96.3 Å². The summed E-state index contributed by atoms with van der Waals surface area (Å²) in [4.78, 5) is 33.9. The van der Waals surface area contributed by atoms with Crippen LogP contribution >= 0.6 is 7.82 Å². The lowest BCUT2D eigenvalue weighted by atomic mass is 10.1. The lowest BCUT2D eigenvalue weighted by molar-refractivity contribution is -0.147. The maximum absolute atomic E-state index is 12.1. The van der Waals surface area contributed by atoms with Gasteiger partial charge in [-0.3, -0.25) is 18.6 Å². The minimum absolute atomic E-state index is 0.0432. The largest absolute Gasteiger partial charge is 0.472 e. The highest BCUT2D eigenvalue weighted by Crippen LogP contribution is 2.42. The van der Waals surface area contributed by atoms with Crippen molar-refractivity contribution in [2.75, 3.05) is 26.4 Å². The van der Waals surface area contributed by atoms with Crippen LogP contribution in [0.3, 0.4) is 0 Å². The Morgan fingerprint density at radius 2 is 0.983 bits per heavy atom. The molecule has 3 N–H and O–H groups in total. The van der Waals surface area contributed by atoms with Crippen LogP contribution in [0.4, 0.5) is 0 Å². The van der Waals surface area contributed by atoms with E-state index in [-0.39, 0.29) is 32.1 Å². The molecule has 0 aliphatic heterocycles. The Hall–Kier alpha value is -3.33. The van der Waals surface area contributed by atoms with Gasteiger partial charge in [0.25, 0.3) is 0 Å². The first-order valence-corrected chi connectivity index (χ1v) is 23.9. The van der Waals surface area contributed by atoms with Gasteiger partial charge >= 0.3 is 13.8 Å². The number of ether oxygens (including phenoxy) is 1. The Morgan fingerprint density at radius 1 is 0.542 bits per heavy atom. The normalized spacial score (nSPS) is 14.3. The molecule has 0 heterocycles. The molecular formula is C49H80NO8P. The zero-order valence-corrected chi connectivity index (χ0v) is 37.5. The number of unbranched alkanes of at least 4 members (excludes halogenated alkanes) is 9. The standard InChI is InChI=1S/C49H80NO8P/c1-3-5-7-9-11-13-15-17-19-21-22-23-24-26-28-30-32-34-36-38-40-42-49(53)56-45-47(51)46-58-59(54,55)57-44-43-50-48(52)41-39-37-35-33-31-29-27-25-20-18-16-14-12-10-8-6-4-2/h5,7,11-14,17-20,22-23,26-29,33,35,47,51H,3-4,6,8-10,15-16,21,24-25,30-32,34,36-46H2,1-2H3,(H,50,52)(H,54,55)/b7-5-,13-11-,14-12-,19-17-,20-18-,23-22-,28-26-,29-27-,35-33-. The van der Waals surface area contributed by atoms with Gasteiger partial charge in [-0.2, -0.15) is 0 Å². The van der Waals surface area contributed by atoms with Gasteiger partial charge in [0.15, 0.2) is 0 Å². The van der Waals surface area contributed by atoms with Crippen LogP contribution in [0, 0.1) is 0 Å². The zero-order chi connectivity index (χ0) is 43.2. The molecule has 0 saturated carbocycles. The van der Waals surface area contributed by atoms with E-state index in [4.69, 9.17) is 13.8 Å². The van der Waals surface area contributed by atoms with Crippen molar-refractivity contribution in [3.63, 3.8) is 0 Å². The number of phosphoric acid groups is 1. The first-order valence-electron chi connectivity index (χ1n) is 22.4. The fraction of sp³-hybridized carbons (Fsp3) is 0.592. The van der Waals surface area contributed by atoms with E-state index in [1.54, 1.807) is 0 Å². The summed E-state index contributed by atoms with van der Waals surface area (Å²) in [6.45, 7) is 3.29. The monoisotopic (exact) mass is 842 g/mol. The number of hydrogen-bond donors (Lipinski definition) is 3. The van der Waals surface area contributed by atoms with Crippen molar-refractivity contribution in [2.45, 2.75) is 161 Å². The highest BCUT2D eigenvalue weighted by Gasteiger charge is 2.23. The number of hydrogen-bond acceptors (Lipinski definition) is 7. The Balaban J connectivity index is 3.74. The smallest absolute Gasteiger partial charge is 0.463 e. The van der Waals surface area contributed by atoms with Crippen molar-refractivity contribution in [3.8, 4) is 0 Å². The van der Waals surface area contributed by atoms with Crippen molar-refractivity contribution >= 4 is 19.7 Å². The molecule has 1 amide bonds. The van der Waals surface area contributed by atoms with Gasteiger partial charge in [0, 0.05) is 19.4 Å². The molecule has 0 aliphatic carbocycles. The lowest BCUT2D eigenvalue weighted by Gasteiger charge is -2.15. The molecular weight excluding hydrogens is 762 g/mol. The third-order valence-electron chi connectivity index (χ3n) is 8.69. The number of esters is 1. The van der Waals surface area contributed by atoms with E-state index in [0.29, 0.717) is 19.3 Å². The van der Waals surface area contributed by atoms with Gasteiger partial charge < -0.3 is 20.1 Å². The number of rotatable bonds is 40. The lowest BCUT2D eigenvalue weighted by Crippen LogP contribution is -2.27. The Bertz CT molecular complexity index is 1330. The second-order valence-electron chi connectivity index (χ2n) is 14.3. The third kappa shape index (κ3) is 45.6. The van der Waals surface area contributed by atoms with E-state index in [1.165, 1.54) is 25.7 Å². The van der Waals surface area contributed by atoms with Gasteiger partial charge in [0.05, 0.1) is 13.2 Å². The maximum atomic E-state index is 12.1. The summed E-state index contributed by atoms with van der Waals surface area (Å²) < 4.78 is 26.9. The van der Waals surface area contributed by atoms with Crippen LogP contribution in [-0.4, -0.2) is 54.3 Å². The zero-order valence-electron chi connectivity index (χ0n) is 36.6. The summed E-state index contributed by atoms with van der Waals surface area (Å²) in [6, 6.07) is 0. The molecule has 0 aromatic heterocycles. The van der Waals surface area contributed by atoms with Gasteiger partial charge in [0.2, 0.25) is 5.91 Å². The molecule has 10 heteroatoms. The summed E-state index contributed by atoms with van der Waals surface area (Å²) in [7, 11) is -4.45. The van der Waals surface area contributed by atoms with E-state index in [9.17, 15) is 24.2 Å². The first-order chi connectivity index (χ1) is 28.8. The van der Waals surface area contributed by atoms with E-state index in [0.717, 1.165) is 89.9 Å². The van der Waals surface area contributed by atoms with Crippen LogP contribution in [0.25, 0.3) is 0 Å². The van der Waals surface area contributed by atoms with Crippen molar-refractivity contribution < 1.29 is 37.9 Å². The molecule has 0 aliphatic rings. The summed E-state index contributed by atoms with van der Waals surface area (Å²) in [5, 5.41) is 12.7. The second-order valence-corrected chi connectivity index (χ2v) is 15.7. The molecule has 0 bridgehead atoms. The van der Waals surface area contributed by atoms with Crippen LogP contribution in [0.1, 0.15) is 155 Å². The summed E-state index contributed by atoms with van der Waals surface area (Å²) in [6.07, 6.45) is 58.8. The van der Waals surface area contributed by atoms with E-state index in [2.05, 4.69) is 129 Å². The first kappa shape index (κ1) is 55.7. The maximum Gasteiger partial charge on any atom is 0.472 e. The minimum atomic E-state index is -4.45. The van der Waals surface area contributed by atoms with Crippen molar-refractivity contribution in [2.24, 2.45) is 0 Å². The summed E-state index contributed by atoms with van der Waals surface area (Å²) in [5.74, 6) is -0.603. The number of allylic oxidation sites excluding steroid dienone is 18. The number of nitrogens with one attached hydrogen (secondary N) is 1. The van der Waals surface area contributed by atoms with Crippen molar-refractivity contribution in [1.29, 1.82) is 0 Å². The predicted octanol–water partition coefficient (Wildman–Crippen LogP) is 12.8. The predicted molar refractivity (Wildman–Crippen MR) is 247 cm³/mol. The topological polar surface area (TPSA) is 131 Å². The molecule has 0 radical (unpaired) electrons. The Labute approximate surface area is 358 Å². The highest BCUT2D eigenvalue weighted by atomic mass is 31.2. The average Bonchev–Trinajstić information content (AvgIpc) is 3.22. The molecule has 2 unspecified atom stereocenters. The van der Waals surface area contributed by atoms with Crippen LogP contribution in [0.2, 0.25) is 0 Å². The number of amides is 1. The Kier molecular flexibility index (Phi) is 41.7. The van der Waals surface area contributed by atoms with Gasteiger partial charge in [-0.1, -0.05) is 155 Å².